The van der Waals surface area contributed by atoms with Crippen LogP contribution in [-0.4, -0.2) is 36.3 Å². The summed E-state index contributed by atoms with van der Waals surface area (Å²) >= 11 is 11.8. The maximum absolute atomic E-state index is 12.7. The highest BCUT2D eigenvalue weighted by atomic mass is 35.5. The highest BCUT2D eigenvalue weighted by Gasteiger charge is 2.16. The maximum Gasteiger partial charge on any atom is 0.251 e. The fourth-order valence-corrected chi connectivity index (χ4v) is 3.74. The number of rotatable bonds is 9. The van der Waals surface area contributed by atoms with Gasteiger partial charge in [0.05, 0.1) is 16.6 Å². The molecule has 2 amide bonds. The van der Waals surface area contributed by atoms with Gasteiger partial charge in [-0.15, -0.1) is 0 Å². The number of aryl methyl sites for hydroxylation is 2. The molecule has 0 heterocycles. The average Bonchev–Trinajstić information content (AvgIpc) is 2.86. The van der Waals surface area contributed by atoms with Crippen molar-refractivity contribution in [3.63, 3.8) is 0 Å². The number of carbonyl (C=O) groups excluding carboxylic acids is 2. The Morgan fingerprint density at radius 3 is 2.22 bits per heavy atom. The summed E-state index contributed by atoms with van der Waals surface area (Å²) in [5.74, 6) is -1.58. The van der Waals surface area contributed by atoms with Gasteiger partial charge in [0, 0.05) is 24.7 Å². The lowest BCUT2D eigenvalue weighted by Crippen LogP contribution is -2.40. The van der Waals surface area contributed by atoms with Crippen LogP contribution in [0.5, 0.6) is 0 Å². The van der Waals surface area contributed by atoms with Gasteiger partial charge in [-0.1, -0.05) is 54.4 Å². The van der Waals surface area contributed by atoms with Gasteiger partial charge in [0.1, 0.15) is 11.6 Å². The third-order valence-corrected chi connectivity index (χ3v) is 6.09. The predicted molar refractivity (Wildman–Crippen MR) is 145 cm³/mol. The number of hydrogen-bond donors (Lipinski definition) is 2. The Balaban J connectivity index is 0.000000449. The van der Waals surface area contributed by atoms with Crippen molar-refractivity contribution in [1.29, 1.82) is 0 Å². The van der Waals surface area contributed by atoms with E-state index in [2.05, 4.69) is 24.4 Å². The number of amides is 2. The van der Waals surface area contributed by atoms with E-state index in [1.807, 2.05) is 12.1 Å². The van der Waals surface area contributed by atoms with Gasteiger partial charge in [-0.05, 0) is 73.3 Å². The lowest BCUT2D eigenvalue weighted by Gasteiger charge is -2.23. The monoisotopic (exact) mass is 549 g/mol. The largest absolute Gasteiger partial charge is 0.343 e. The second-order valence-electron chi connectivity index (χ2n) is 8.39. The second-order valence-corrected chi connectivity index (χ2v) is 9.20. The van der Waals surface area contributed by atoms with Crippen LogP contribution in [0.25, 0.3) is 0 Å². The number of benzene rings is 3. The molecule has 0 aliphatic carbocycles. The summed E-state index contributed by atoms with van der Waals surface area (Å²) in [5.41, 5.74) is 8.84. The fraction of sp³-hybridized carbons (Fsp3) is 0.286. The third-order valence-electron chi connectivity index (χ3n) is 5.35. The minimum Gasteiger partial charge on any atom is -0.343 e. The van der Waals surface area contributed by atoms with E-state index >= 15 is 0 Å². The van der Waals surface area contributed by atoms with E-state index in [-0.39, 0.29) is 18.4 Å². The molecule has 0 aromatic heterocycles. The average molecular weight is 550 g/mol. The summed E-state index contributed by atoms with van der Waals surface area (Å²) in [6.07, 6.45) is 1.63. The van der Waals surface area contributed by atoms with Crippen LogP contribution >= 0.6 is 23.2 Å². The molecule has 0 saturated carbocycles. The van der Waals surface area contributed by atoms with Crippen LogP contribution in [0.3, 0.4) is 0 Å². The molecule has 5 nitrogen and oxygen atoms in total. The quantitative estimate of drug-likeness (QED) is 0.347. The summed E-state index contributed by atoms with van der Waals surface area (Å²) in [6, 6.07) is 16.2. The first-order valence-corrected chi connectivity index (χ1v) is 12.6. The van der Waals surface area contributed by atoms with E-state index in [0.717, 1.165) is 18.1 Å². The van der Waals surface area contributed by atoms with E-state index in [0.29, 0.717) is 47.2 Å². The summed E-state index contributed by atoms with van der Waals surface area (Å²) < 4.78 is 24.4. The molecule has 0 spiro atoms. The van der Waals surface area contributed by atoms with Crippen LogP contribution in [-0.2, 0) is 17.8 Å². The maximum atomic E-state index is 12.7. The molecule has 0 atom stereocenters. The van der Waals surface area contributed by atoms with Crippen molar-refractivity contribution in [3.05, 3.63) is 105 Å². The minimum atomic E-state index is -0.521. The van der Waals surface area contributed by atoms with Crippen LogP contribution < -0.4 is 11.1 Å². The van der Waals surface area contributed by atoms with Crippen molar-refractivity contribution in [2.75, 3.05) is 19.6 Å². The molecule has 0 radical (unpaired) electrons. The van der Waals surface area contributed by atoms with Crippen LogP contribution in [0.4, 0.5) is 8.78 Å². The lowest BCUT2D eigenvalue weighted by molar-refractivity contribution is -0.130. The molecule has 0 bridgehead atoms. The highest BCUT2D eigenvalue weighted by Crippen LogP contribution is 2.22. The Labute approximate surface area is 226 Å². The number of hydrogen-bond acceptors (Lipinski definition) is 3. The Morgan fingerprint density at radius 1 is 0.946 bits per heavy atom. The zero-order valence-corrected chi connectivity index (χ0v) is 22.4. The minimum absolute atomic E-state index is 0.100. The summed E-state index contributed by atoms with van der Waals surface area (Å²) in [6.45, 7) is 5.15. The molecule has 37 heavy (non-hydrogen) atoms. The van der Waals surface area contributed by atoms with Gasteiger partial charge in [0.25, 0.3) is 5.91 Å². The molecule has 0 fully saturated rings. The Hall–Kier alpha value is -3.00. The van der Waals surface area contributed by atoms with E-state index in [1.54, 1.807) is 24.0 Å². The zero-order valence-electron chi connectivity index (χ0n) is 20.9. The first-order valence-electron chi connectivity index (χ1n) is 11.8. The van der Waals surface area contributed by atoms with Gasteiger partial charge in [-0.2, -0.15) is 0 Å². The molecule has 0 aliphatic heterocycles. The lowest BCUT2D eigenvalue weighted by atomic mass is 10.1. The van der Waals surface area contributed by atoms with E-state index in [1.165, 1.54) is 23.8 Å². The van der Waals surface area contributed by atoms with Crippen LogP contribution in [0.2, 0.25) is 10.0 Å². The molecular weight excluding hydrogens is 519 g/mol. The fourth-order valence-electron chi connectivity index (χ4n) is 3.44. The van der Waals surface area contributed by atoms with E-state index < -0.39 is 11.6 Å². The number of nitrogens with one attached hydrogen (secondary N) is 1. The highest BCUT2D eigenvalue weighted by molar-refractivity contribution is 6.42. The molecular formula is C28H31Cl2F2N3O2. The van der Waals surface area contributed by atoms with E-state index in [4.69, 9.17) is 28.9 Å². The Bertz CT molecular complexity index is 1160. The topological polar surface area (TPSA) is 75.4 Å². The van der Waals surface area contributed by atoms with Crippen molar-refractivity contribution in [1.82, 2.24) is 10.2 Å². The first kappa shape index (κ1) is 30.2. The van der Waals surface area contributed by atoms with Gasteiger partial charge in [-0.25, -0.2) is 8.78 Å². The molecule has 3 N–H and O–H groups in total. The molecule has 198 valence electrons. The second kappa shape index (κ2) is 15.3. The molecule has 0 aliphatic rings. The number of halogens is 4. The molecule has 3 rings (SSSR count). The van der Waals surface area contributed by atoms with Gasteiger partial charge in [-0.3, -0.25) is 9.59 Å². The van der Waals surface area contributed by atoms with Gasteiger partial charge < -0.3 is 16.0 Å². The summed E-state index contributed by atoms with van der Waals surface area (Å²) in [7, 11) is 0. The van der Waals surface area contributed by atoms with Crippen molar-refractivity contribution in [2.24, 2.45) is 5.73 Å². The van der Waals surface area contributed by atoms with Gasteiger partial charge in [0.15, 0.2) is 0 Å². The number of nitrogens with zero attached hydrogens (tertiary/aromatic N) is 1. The Morgan fingerprint density at radius 2 is 1.62 bits per heavy atom. The summed E-state index contributed by atoms with van der Waals surface area (Å²) in [5, 5.41) is 3.31. The molecule has 9 heteroatoms. The summed E-state index contributed by atoms with van der Waals surface area (Å²) in [4.78, 5) is 26.7. The van der Waals surface area contributed by atoms with Crippen LogP contribution in [0, 0.1) is 18.6 Å². The Kier molecular flexibility index (Phi) is 12.5. The number of nitrogens with two attached hydrogens (primary N) is 1. The number of carbonyl (C=O) groups is 2. The van der Waals surface area contributed by atoms with Crippen LogP contribution in [0.1, 0.15) is 40.4 Å². The molecule has 3 aromatic rings. The third kappa shape index (κ3) is 10.5. The predicted octanol–water partition coefficient (Wildman–Crippen LogP) is 5.94. The van der Waals surface area contributed by atoms with Crippen molar-refractivity contribution in [2.45, 2.75) is 33.2 Å². The van der Waals surface area contributed by atoms with Crippen molar-refractivity contribution in [3.8, 4) is 0 Å². The smallest absolute Gasteiger partial charge is 0.251 e. The normalized spacial score (nSPS) is 10.4. The van der Waals surface area contributed by atoms with E-state index in [9.17, 15) is 18.4 Å². The van der Waals surface area contributed by atoms with Crippen molar-refractivity contribution < 1.29 is 18.4 Å². The molecule has 0 saturated heterocycles. The van der Waals surface area contributed by atoms with Gasteiger partial charge >= 0.3 is 0 Å². The molecule has 0 unspecified atom stereocenters. The van der Waals surface area contributed by atoms with Crippen molar-refractivity contribution >= 4 is 35.0 Å². The van der Waals surface area contributed by atoms with Crippen LogP contribution in [0.15, 0.2) is 60.7 Å². The SMILES string of the molecule is CCc1cccc(CN(CCCN)C(=O)CNC(=O)c2ccc(Cl)c(Cl)c2)c1.Cc1cc(F)cc(F)c1. The standard InChI is InChI=1S/C21H25Cl2N3O2.C7H6F2/c1-2-15-5-3-6-16(11-15)14-26(10-4-9-24)20(27)13-25-21(28)17-7-8-18(22)19(23)12-17;1-5-2-6(8)4-7(9)3-5/h3,5-8,11-12H,2,4,9-10,13-14,24H2,1H3,(H,25,28);2-4H,1H3. The molecule has 3 aromatic carbocycles. The van der Waals surface area contributed by atoms with Gasteiger partial charge in [0.2, 0.25) is 5.91 Å². The zero-order chi connectivity index (χ0) is 27.4. The first-order chi connectivity index (χ1) is 17.6.